The maximum Gasteiger partial charge on any atom is 0.188 e. The van der Waals surface area contributed by atoms with Crippen LogP contribution in [0.4, 0.5) is 20.2 Å². The lowest BCUT2D eigenvalue weighted by molar-refractivity contribution is 0.441. The molecule has 0 amide bonds. The number of anilines is 2. The van der Waals surface area contributed by atoms with Crippen LogP contribution in [0.3, 0.4) is 0 Å². The number of nitrogens with two attached hydrogens (primary N) is 2. The Labute approximate surface area is 121 Å². The Morgan fingerprint density at radius 2 is 1.79 bits per heavy atom. The first-order chi connectivity index (χ1) is 8.90. The highest BCUT2D eigenvalue weighted by atomic mass is 79.9. The molecule has 0 aliphatic heterocycles. The number of hydrogen-bond acceptors (Lipinski definition) is 3. The molecule has 19 heavy (non-hydrogen) atoms. The van der Waals surface area contributed by atoms with Crippen molar-refractivity contribution in [1.82, 2.24) is 0 Å². The minimum absolute atomic E-state index is 0.00405. The number of benzene rings is 2. The molecule has 0 aliphatic carbocycles. The molecule has 2 aromatic rings. The van der Waals surface area contributed by atoms with Crippen LogP contribution in [0.25, 0.3) is 0 Å². The van der Waals surface area contributed by atoms with E-state index in [1.165, 1.54) is 24.3 Å². The second-order valence-corrected chi connectivity index (χ2v) is 4.92. The normalized spacial score (nSPS) is 10.5. The third-order valence-electron chi connectivity index (χ3n) is 2.32. The van der Waals surface area contributed by atoms with Gasteiger partial charge in [-0.25, -0.2) is 8.78 Å². The van der Waals surface area contributed by atoms with Crippen LogP contribution in [-0.2, 0) is 0 Å². The molecule has 0 fully saturated rings. The third kappa shape index (κ3) is 2.74. The van der Waals surface area contributed by atoms with E-state index in [0.717, 1.165) is 0 Å². The fraction of sp³-hybridized carbons (Fsp3) is 0. The fourth-order valence-corrected chi connectivity index (χ4v) is 1.99. The van der Waals surface area contributed by atoms with Gasteiger partial charge in [0.05, 0.1) is 15.8 Å². The van der Waals surface area contributed by atoms with Gasteiger partial charge < -0.3 is 16.2 Å². The average Bonchev–Trinajstić information content (AvgIpc) is 2.34. The molecule has 0 aromatic heterocycles. The second kappa shape index (κ2) is 5.22. The number of nitrogen functional groups attached to an aromatic ring is 2. The molecule has 7 heteroatoms. The zero-order valence-corrected chi connectivity index (χ0v) is 11.7. The van der Waals surface area contributed by atoms with E-state index in [1.54, 1.807) is 0 Å². The van der Waals surface area contributed by atoms with Crippen LogP contribution >= 0.6 is 27.5 Å². The standard InChI is InChI=1S/C12H8BrClF2N2O/c13-6-3-5(15)1-2-9(6)19-12-8(18)4-7(17)10(14)11(12)16/h1-4H,17-18H2. The Bertz CT molecular complexity index is 652. The van der Waals surface area contributed by atoms with Gasteiger partial charge in [0, 0.05) is 0 Å². The van der Waals surface area contributed by atoms with Crippen LogP contribution in [0.2, 0.25) is 5.02 Å². The highest BCUT2D eigenvalue weighted by Gasteiger charge is 2.17. The Kier molecular flexibility index (Phi) is 3.82. The van der Waals surface area contributed by atoms with E-state index < -0.39 is 11.6 Å². The van der Waals surface area contributed by atoms with Crippen LogP contribution < -0.4 is 16.2 Å². The van der Waals surface area contributed by atoms with Gasteiger partial charge in [-0.05, 0) is 40.2 Å². The van der Waals surface area contributed by atoms with E-state index in [2.05, 4.69) is 15.9 Å². The van der Waals surface area contributed by atoms with Crippen molar-refractivity contribution in [1.29, 1.82) is 0 Å². The first-order valence-corrected chi connectivity index (χ1v) is 6.23. The summed E-state index contributed by atoms with van der Waals surface area (Å²) in [7, 11) is 0. The molecule has 0 unspecified atom stereocenters. The minimum atomic E-state index is -0.865. The zero-order chi connectivity index (χ0) is 14.2. The van der Waals surface area contributed by atoms with Crippen molar-refractivity contribution >= 4 is 38.9 Å². The van der Waals surface area contributed by atoms with Crippen molar-refractivity contribution in [2.75, 3.05) is 11.5 Å². The Balaban J connectivity index is 2.47. The second-order valence-electron chi connectivity index (χ2n) is 3.69. The van der Waals surface area contributed by atoms with E-state index in [1.807, 2.05) is 0 Å². The molecule has 3 nitrogen and oxygen atoms in total. The fourth-order valence-electron chi connectivity index (χ4n) is 1.42. The molecule has 0 spiro atoms. The number of hydrogen-bond donors (Lipinski definition) is 2. The molecule has 4 N–H and O–H groups in total. The summed E-state index contributed by atoms with van der Waals surface area (Å²) in [5.41, 5.74) is 11.1. The van der Waals surface area contributed by atoms with Gasteiger partial charge >= 0.3 is 0 Å². The molecule has 0 bridgehead atoms. The smallest absolute Gasteiger partial charge is 0.188 e. The summed E-state index contributed by atoms with van der Waals surface area (Å²) in [4.78, 5) is 0. The molecule has 0 atom stereocenters. The lowest BCUT2D eigenvalue weighted by Gasteiger charge is -2.13. The van der Waals surface area contributed by atoms with E-state index in [-0.39, 0.29) is 27.9 Å². The maximum atomic E-state index is 13.9. The van der Waals surface area contributed by atoms with Gasteiger partial charge in [0.25, 0.3) is 0 Å². The van der Waals surface area contributed by atoms with Gasteiger partial charge in [0.2, 0.25) is 0 Å². The van der Waals surface area contributed by atoms with E-state index in [9.17, 15) is 8.78 Å². The molecule has 2 aromatic carbocycles. The van der Waals surface area contributed by atoms with Crippen molar-refractivity contribution in [2.24, 2.45) is 0 Å². The van der Waals surface area contributed by atoms with Crippen LogP contribution in [0.1, 0.15) is 0 Å². The monoisotopic (exact) mass is 348 g/mol. The largest absolute Gasteiger partial charge is 0.451 e. The topological polar surface area (TPSA) is 61.3 Å². The summed E-state index contributed by atoms with van der Waals surface area (Å²) in [6.45, 7) is 0. The van der Waals surface area contributed by atoms with Crippen molar-refractivity contribution in [3.05, 3.63) is 45.4 Å². The summed E-state index contributed by atoms with van der Waals surface area (Å²) < 4.78 is 32.5. The molecule has 0 radical (unpaired) electrons. The number of ether oxygens (including phenoxy) is 1. The molecule has 0 aliphatic rings. The van der Waals surface area contributed by atoms with E-state index >= 15 is 0 Å². The first-order valence-electron chi connectivity index (χ1n) is 5.06. The van der Waals surface area contributed by atoms with Gasteiger partial charge in [0.1, 0.15) is 16.6 Å². The number of halogens is 4. The highest BCUT2D eigenvalue weighted by Crippen LogP contribution is 2.39. The summed E-state index contributed by atoms with van der Waals surface area (Å²) in [6.07, 6.45) is 0. The van der Waals surface area contributed by atoms with Crippen molar-refractivity contribution in [3.63, 3.8) is 0 Å². The minimum Gasteiger partial charge on any atom is -0.451 e. The number of rotatable bonds is 2. The Morgan fingerprint density at radius 1 is 1.11 bits per heavy atom. The van der Waals surface area contributed by atoms with Crippen LogP contribution in [0, 0.1) is 11.6 Å². The maximum absolute atomic E-state index is 13.9. The summed E-state index contributed by atoms with van der Waals surface area (Å²) >= 11 is 8.78. The first kappa shape index (κ1) is 13.9. The van der Waals surface area contributed by atoms with Gasteiger partial charge in [-0.2, -0.15) is 0 Å². The SMILES string of the molecule is Nc1cc(N)c(Oc2ccc(F)cc2Br)c(F)c1Cl. The molecule has 100 valence electrons. The van der Waals surface area contributed by atoms with Gasteiger partial charge in [-0.3, -0.25) is 0 Å². The Hall–Kier alpha value is -1.53. The zero-order valence-electron chi connectivity index (χ0n) is 9.38. The predicted molar refractivity (Wildman–Crippen MR) is 74.4 cm³/mol. The average molecular weight is 350 g/mol. The van der Waals surface area contributed by atoms with Crippen LogP contribution in [0.15, 0.2) is 28.7 Å². The summed E-state index contributed by atoms with van der Waals surface area (Å²) in [5.74, 6) is -1.38. The molecular weight excluding hydrogens is 341 g/mol. The van der Waals surface area contributed by atoms with Crippen LogP contribution in [0.5, 0.6) is 11.5 Å². The van der Waals surface area contributed by atoms with Gasteiger partial charge in [-0.1, -0.05) is 11.6 Å². The third-order valence-corrected chi connectivity index (χ3v) is 3.33. The van der Waals surface area contributed by atoms with Crippen LogP contribution in [-0.4, -0.2) is 0 Å². The Morgan fingerprint density at radius 3 is 2.42 bits per heavy atom. The van der Waals surface area contributed by atoms with Gasteiger partial charge in [0.15, 0.2) is 11.6 Å². The molecule has 0 saturated carbocycles. The molecule has 0 saturated heterocycles. The molecule has 2 rings (SSSR count). The lowest BCUT2D eigenvalue weighted by atomic mass is 10.2. The van der Waals surface area contributed by atoms with Crippen molar-refractivity contribution < 1.29 is 13.5 Å². The molecular formula is C12H8BrClF2N2O. The highest BCUT2D eigenvalue weighted by molar-refractivity contribution is 9.10. The van der Waals surface area contributed by atoms with E-state index in [0.29, 0.717) is 4.47 Å². The predicted octanol–water partition coefficient (Wildman–Crippen LogP) is 4.34. The summed E-state index contributed by atoms with van der Waals surface area (Å²) in [5, 5.41) is -0.276. The quantitative estimate of drug-likeness (QED) is 0.793. The summed E-state index contributed by atoms with van der Waals surface area (Å²) in [6, 6.07) is 4.98. The van der Waals surface area contributed by atoms with Crippen molar-refractivity contribution in [3.8, 4) is 11.5 Å². The molecule has 0 heterocycles. The van der Waals surface area contributed by atoms with Gasteiger partial charge in [-0.15, -0.1) is 0 Å². The van der Waals surface area contributed by atoms with Crippen molar-refractivity contribution in [2.45, 2.75) is 0 Å². The van der Waals surface area contributed by atoms with E-state index in [4.69, 9.17) is 27.8 Å². The lowest BCUT2D eigenvalue weighted by Crippen LogP contribution is -2.00.